The van der Waals surface area contributed by atoms with E-state index in [4.69, 9.17) is 19.7 Å². The number of carbonyl (C=O) groups is 1. The monoisotopic (exact) mass is 243 g/mol. The highest BCUT2D eigenvalue weighted by Gasteiger charge is 2.01. The average Bonchev–Trinajstić information content (AvgIpc) is 2.31. The third-order valence-electron chi connectivity index (χ3n) is 1.58. The van der Waals surface area contributed by atoms with E-state index in [0.717, 1.165) is 0 Å². The lowest BCUT2D eigenvalue weighted by atomic mass is 10.4. The van der Waals surface area contributed by atoms with Gasteiger partial charge in [0.1, 0.15) is 6.61 Å². The molecule has 0 spiro atoms. The molecule has 0 aliphatic rings. The molecule has 0 amide bonds. The summed E-state index contributed by atoms with van der Waals surface area (Å²) in [5.74, 6) is -0.417. The van der Waals surface area contributed by atoms with Crippen LogP contribution in [-0.4, -0.2) is 45.5 Å². The third kappa shape index (κ3) is 10.7. The van der Waals surface area contributed by atoms with Crippen LogP contribution in [0.3, 0.4) is 0 Å². The molecule has 0 aromatic carbocycles. The first-order chi connectivity index (χ1) is 8.18. The predicted molar refractivity (Wildman–Crippen MR) is 61.4 cm³/mol. The van der Waals surface area contributed by atoms with Crippen LogP contribution in [0.25, 0.3) is 10.4 Å². The molecule has 0 aromatic rings. The Morgan fingerprint density at radius 3 is 2.41 bits per heavy atom. The fraction of sp³-hybridized carbons (Fsp3) is 0.700. The molecule has 0 saturated carbocycles. The number of esters is 1. The lowest BCUT2D eigenvalue weighted by Crippen LogP contribution is -2.13. The van der Waals surface area contributed by atoms with Crippen molar-refractivity contribution in [2.24, 2.45) is 5.11 Å². The van der Waals surface area contributed by atoms with Gasteiger partial charge in [-0.15, -0.1) is 0 Å². The van der Waals surface area contributed by atoms with E-state index >= 15 is 0 Å². The predicted octanol–water partition coefficient (Wildman–Crippen LogP) is 1.45. The zero-order valence-electron chi connectivity index (χ0n) is 9.92. The van der Waals surface area contributed by atoms with E-state index < -0.39 is 5.97 Å². The SMILES string of the molecule is C=C(C)C(=O)OCCOCCOCCN=[N+]=[N-]. The van der Waals surface area contributed by atoms with Crippen molar-refractivity contribution >= 4 is 5.97 Å². The van der Waals surface area contributed by atoms with Crippen molar-refractivity contribution in [3.63, 3.8) is 0 Å². The molecule has 0 N–H and O–H groups in total. The smallest absolute Gasteiger partial charge is 0.333 e. The number of ether oxygens (including phenoxy) is 3. The van der Waals surface area contributed by atoms with Gasteiger partial charge in [0.2, 0.25) is 0 Å². The van der Waals surface area contributed by atoms with Gasteiger partial charge in [-0.05, 0) is 12.5 Å². The van der Waals surface area contributed by atoms with Crippen LogP contribution in [0.2, 0.25) is 0 Å². The number of azide groups is 1. The average molecular weight is 243 g/mol. The minimum atomic E-state index is -0.417. The Morgan fingerprint density at radius 2 is 1.82 bits per heavy atom. The van der Waals surface area contributed by atoms with Gasteiger partial charge in [0.05, 0.1) is 26.4 Å². The molecule has 7 nitrogen and oxygen atoms in total. The molecule has 0 aliphatic heterocycles. The summed E-state index contributed by atoms with van der Waals surface area (Å²) in [5, 5.41) is 3.30. The van der Waals surface area contributed by atoms with Gasteiger partial charge in [-0.25, -0.2) is 4.79 Å². The van der Waals surface area contributed by atoms with Crippen LogP contribution in [0.15, 0.2) is 17.3 Å². The molecule has 17 heavy (non-hydrogen) atoms. The summed E-state index contributed by atoms with van der Waals surface area (Å²) in [4.78, 5) is 13.5. The molecule has 0 saturated heterocycles. The summed E-state index contributed by atoms with van der Waals surface area (Å²) in [6, 6.07) is 0. The summed E-state index contributed by atoms with van der Waals surface area (Å²) in [6.07, 6.45) is 0. The van der Waals surface area contributed by atoms with E-state index in [0.29, 0.717) is 38.5 Å². The van der Waals surface area contributed by atoms with E-state index in [1.807, 2.05) is 0 Å². The maximum Gasteiger partial charge on any atom is 0.333 e. The molecule has 0 radical (unpaired) electrons. The van der Waals surface area contributed by atoms with Crippen LogP contribution < -0.4 is 0 Å². The van der Waals surface area contributed by atoms with Gasteiger partial charge in [-0.1, -0.05) is 11.7 Å². The zero-order valence-corrected chi connectivity index (χ0v) is 9.92. The van der Waals surface area contributed by atoms with E-state index in [-0.39, 0.29) is 6.61 Å². The van der Waals surface area contributed by atoms with Crippen LogP contribution in [-0.2, 0) is 19.0 Å². The molecule has 0 unspecified atom stereocenters. The normalized spacial score (nSPS) is 9.47. The van der Waals surface area contributed by atoms with Crippen molar-refractivity contribution in [1.29, 1.82) is 0 Å². The lowest BCUT2D eigenvalue weighted by Gasteiger charge is -2.06. The number of rotatable bonds is 10. The van der Waals surface area contributed by atoms with E-state index in [1.54, 1.807) is 6.92 Å². The van der Waals surface area contributed by atoms with Gasteiger partial charge in [-0.2, -0.15) is 0 Å². The van der Waals surface area contributed by atoms with Crippen LogP contribution in [0, 0.1) is 0 Å². The quantitative estimate of drug-likeness (QED) is 0.145. The lowest BCUT2D eigenvalue weighted by molar-refractivity contribution is -0.140. The highest BCUT2D eigenvalue weighted by Crippen LogP contribution is 1.91. The van der Waals surface area contributed by atoms with Gasteiger partial charge < -0.3 is 14.2 Å². The number of nitrogens with zero attached hydrogens (tertiary/aromatic N) is 3. The van der Waals surface area contributed by atoms with E-state index in [9.17, 15) is 4.79 Å². The number of hydrogen-bond donors (Lipinski definition) is 0. The Balaban J connectivity index is 3.16. The van der Waals surface area contributed by atoms with Gasteiger partial charge in [-0.3, -0.25) is 0 Å². The van der Waals surface area contributed by atoms with E-state index in [2.05, 4.69) is 16.6 Å². The molecule has 0 heterocycles. The van der Waals surface area contributed by atoms with E-state index in [1.165, 1.54) is 0 Å². The Labute approximate surface area is 100.0 Å². The standard InChI is InChI=1S/C10H17N3O4/c1-9(2)10(14)17-8-7-16-6-5-15-4-3-12-13-11/h1,3-8H2,2H3. The summed E-state index contributed by atoms with van der Waals surface area (Å²) >= 11 is 0. The minimum absolute atomic E-state index is 0.199. The summed E-state index contributed by atoms with van der Waals surface area (Å²) in [7, 11) is 0. The second kappa shape index (κ2) is 10.9. The Bertz CT molecular complexity index is 287. The molecule has 96 valence electrons. The summed E-state index contributed by atoms with van der Waals surface area (Å²) in [5.41, 5.74) is 8.35. The van der Waals surface area contributed by atoms with Crippen LogP contribution >= 0.6 is 0 Å². The molecule has 0 rings (SSSR count). The van der Waals surface area contributed by atoms with Crippen molar-refractivity contribution in [3.8, 4) is 0 Å². The molecule has 0 atom stereocenters. The van der Waals surface area contributed by atoms with Crippen LogP contribution in [0.1, 0.15) is 6.92 Å². The maximum atomic E-state index is 10.9. The molecule has 0 bridgehead atoms. The summed E-state index contributed by atoms with van der Waals surface area (Å²) in [6.45, 7) is 7.05. The molecule has 0 fully saturated rings. The highest BCUT2D eigenvalue weighted by atomic mass is 16.6. The minimum Gasteiger partial charge on any atom is -0.460 e. The Morgan fingerprint density at radius 1 is 1.24 bits per heavy atom. The van der Waals surface area contributed by atoms with Crippen LogP contribution in [0.5, 0.6) is 0 Å². The molecular weight excluding hydrogens is 226 g/mol. The van der Waals surface area contributed by atoms with Crippen LogP contribution in [0.4, 0.5) is 0 Å². The first kappa shape index (κ1) is 15.4. The second-order valence-electron chi connectivity index (χ2n) is 3.10. The summed E-state index contributed by atoms with van der Waals surface area (Å²) < 4.78 is 15.0. The Kier molecular flexibility index (Phi) is 9.94. The number of carbonyl (C=O) groups excluding carboxylic acids is 1. The molecule has 0 aliphatic carbocycles. The van der Waals surface area contributed by atoms with Gasteiger partial charge in [0.25, 0.3) is 0 Å². The van der Waals surface area contributed by atoms with Crippen molar-refractivity contribution in [2.45, 2.75) is 6.92 Å². The molecule has 7 heteroatoms. The first-order valence-corrected chi connectivity index (χ1v) is 5.17. The maximum absolute atomic E-state index is 10.9. The third-order valence-corrected chi connectivity index (χ3v) is 1.58. The van der Waals surface area contributed by atoms with Gasteiger partial charge in [0.15, 0.2) is 0 Å². The second-order valence-corrected chi connectivity index (χ2v) is 3.10. The van der Waals surface area contributed by atoms with Crippen molar-refractivity contribution in [2.75, 3.05) is 39.6 Å². The Hall–Kier alpha value is -1.56. The highest BCUT2D eigenvalue weighted by molar-refractivity contribution is 5.86. The largest absolute Gasteiger partial charge is 0.460 e. The fourth-order valence-corrected chi connectivity index (χ4v) is 0.789. The van der Waals surface area contributed by atoms with Gasteiger partial charge >= 0.3 is 5.97 Å². The molecular formula is C10H17N3O4. The zero-order chi connectivity index (χ0) is 12.9. The van der Waals surface area contributed by atoms with Crippen molar-refractivity contribution < 1.29 is 19.0 Å². The fourth-order valence-electron chi connectivity index (χ4n) is 0.789. The van der Waals surface area contributed by atoms with Crippen molar-refractivity contribution in [3.05, 3.63) is 22.6 Å². The molecule has 0 aromatic heterocycles. The topological polar surface area (TPSA) is 93.5 Å². The van der Waals surface area contributed by atoms with Crippen molar-refractivity contribution in [1.82, 2.24) is 0 Å². The number of hydrogen-bond acceptors (Lipinski definition) is 5. The van der Waals surface area contributed by atoms with Gasteiger partial charge in [0, 0.05) is 17.0 Å². The first-order valence-electron chi connectivity index (χ1n) is 5.17.